The van der Waals surface area contributed by atoms with Crippen molar-refractivity contribution in [2.24, 2.45) is 5.73 Å². The molecule has 0 bridgehead atoms. The highest BCUT2D eigenvalue weighted by Crippen LogP contribution is 2.14. The number of carbonyl (C=O) groups excluding carboxylic acids is 2. The molecule has 23 heavy (non-hydrogen) atoms. The molecule has 0 saturated carbocycles. The molecule has 1 atom stereocenters. The van der Waals surface area contributed by atoms with Crippen LogP contribution in [0.25, 0.3) is 0 Å². The number of hydrogen-bond acceptors (Lipinski definition) is 3. The summed E-state index contributed by atoms with van der Waals surface area (Å²) in [7, 11) is 1.58. The van der Waals surface area contributed by atoms with Crippen molar-refractivity contribution >= 4 is 27.7 Å². The molecular formula is C17H17BrN2O3. The van der Waals surface area contributed by atoms with Crippen LogP contribution in [0.1, 0.15) is 15.9 Å². The Bertz CT molecular complexity index is 701. The van der Waals surface area contributed by atoms with Gasteiger partial charge in [0.05, 0.1) is 7.11 Å². The summed E-state index contributed by atoms with van der Waals surface area (Å²) < 4.78 is 5.88. The average Bonchev–Trinajstić information content (AvgIpc) is 2.54. The largest absolute Gasteiger partial charge is 0.497 e. The first-order valence-corrected chi connectivity index (χ1v) is 7.77. The van der Waals surface area contributed by atoms with E-state index in [9.17, 15) is 9.59 Å². The lowest BCUT2D eigenvalue weighted by Crippen LogP contribution is -2.45. The number of primary amides is 1. The molecule has 0 fully saturated rings. The zero-order chi connectivity index (χ0) is 16.8. The molecule has 0 radical (unpaired) electrons. The number of ether oxygens (including phenoxy) is 1. The van der Waals surface area contributed by atoms with Crippen LogP contribution in [0.4, 0.5) is 0 Å². The van der Waals surface area contributed by atoms with Gasteiger partial charge >= 0.3 is 0 Å². The molecule has 0 unspecified atom stereocenters. The van der Waals surface area contributed by atoms with Gasteiger partial charge in [0.2, 0.25) is 5.91 Å². The molecule has 2 aromatic rings. The van der Waals surface area contributed by atoms with Crippen LogP contribution in [-0.4, -0.2) is 25.0 Å². The predicted octanol–water partition coefficient (Wildman–Crippen LogP) is 2.28. The summed E-state index contributed by atoms with van der Waals surface area (Å²) in [5.74, 6) is -0.199. The molecule has 0 saturated heterocycles. The van der Waals surface area contributed by atoms with Crippen molar-refractivity contribution in [3.8, 4) is 5.75 Å². The number of benzene rings is 2. The van der Waals surface area contributed by atoms with Crippen LogP contribution >= 0.6 is 15.9 Å². The second-order valence-corrected chi connectivity index (χ2v) is 5.91. The van der Waals surface area contributed by atoms with E-state index in [2.05, 4.69) is 21.2 Å². The first kappa shape index (κ1) is 17.0. The Kier molecular flexibility index (Phi) is 5.76. The third-order valence-corrected chi connectivity index (χ3v) is 3.83. The van der Waals surface area contributed by atoms with Crippen LogP contribution in [0.2, 0.25) is 0 Å². The molecule has 6 heteroatoms. The maximum Gasteiger partial charge on any atom is 0.251 e. The highest BCUT2D eigenvalue weighted by atomic mass is 79.9. The van der Waals surface area contributed by atoms with Crippen molar-refractivity contribution in [1.82, 2.24) is 5.32 Å². The lowest BCUT2D eigenvalue weighted by atomic mass is 10.0. The number of rotatable bonds is 6. The molecule has 2 rings (SSSR count). The Morgan fingerprint density at radius 1 is 1.22 bits per heavy atom. The minimum Gasteiger partial charge on any atom is -0.497 e. The number of hydrogen-bond donors (Lipinski definition) is 2. The normalized spacial score (nSPS) is 11.6. The van der Waals surface area contributed by atoms with E-state index in [4.69, 9.17) is 10.5 Å². The molecular weight excluding hydrogens is 360 g/mol. The van der Waals surface area contributed by atoms with Gasteiger partial charge in [-0.2, -0.15) is 0 Å². The number of nitrogens with one attached hydrogen (secondary N) is 1. The van der Waals surface area contributed by atoms with Gasteiger partial charge in [0.1, 0.15) is 11.8 Å². The Labute approximate surface area is 143 Å². The fourth-order valence-electron chi connectivity index (χ4n) is 2.09. The molecule has 0 aliphatic carbocycles. The van der Waals surface area contributed by atoms with E-state index in [0.29, 0.717) is 12.0 Å². The van der Waals surface area contributed by atoms with E-state index in [1.807, 2.05) is 18.2 Å². The highest BCUT2D eigenvalue weighted by Gasteiger charge is 2.19. The number of halogens is 1. The van der Waals surface area contributed by atoms with E-state index >= 15 is 0 Å². The van der Waals surface area contributed by atoms with E-state index in [0.717, 1.165) is 15.8 Å². The Hall–Kier alpha value is -2.34. The second kappa shape index (κ2) is 7.78. The van der Waals surface area contributed by atoms with Crippen molar-refractivity contribution in [1.29, 1.82) is 0 Å². The molecule has 0 aliphatic heterocycles. The standard InChI is InChI=1S/C17H17BrN2O3/c1-23-14-7-5-11(6-8-14)9-15(16(19)21)20-17(22)12-3-2-4-13(18)10-12/h2-8,10,15H,9H2,1H3,(H2,19,21)(H,20,22)/t15-/m0/s1. The van der Waals surface area contributed by atoms with Gasteiger partial charge in [-0.05, 0) is 35.9 Å². The zero-order valence-corrected chi connectivity index (χ0v) is 14.2. The summed E-state index contributed by atoms with van der Waals surface area (Å²) in [5.41, 5.74) is 6.75. The predicted molar refractivity (Wildman–Crippen MR) is 91.3 cm³/mol. The molecule has 0 spiro atoms. The van der Waals surface area contributed by atoms with E-state index in [1.54, 1.807) is 37.4 Å². The number of amides is 2. The molecule has 5 nitrogen and oxygen atoms in total. The van der Waals surface area contributed by atoms with Gasteiger partial charge in [-0.1, -0.05) is 34.1 Å². The average molecular weight is 377 g/mol. The smallest absolute Gasteiger partial charge is 0.251 e. The van der Waals surface area contributed by atoms with Crippen LogP contribution < -0.4 is 15.8 Å². The molecule has 0 aliphatic rings. The summed E-state index contributed by atoms with van der Waals surface area (Å²) in [6.07, 6.45) is 0.319. The molecule has 2 amide bonds. The molecule has 0 aromatic heterocycles. The lowest BCUT2D eigenvalue weighted by molar-refractivity contribution is -0.119. The van der Waals surface area contributed by atoms with Crippen LogP contribution in [0, 0.1) is 0 Å². The van der Waals surface area contributed by atoms with E-state index in [1.165, 1.54) is 0 Å². The Morgan fingerprint density at radius 2 is 1.91 bits per heavy atom. The van der Waals surface area contributed by atoms with Crippen molar-refractivity contribution < 1.29 is 14.3 Å². The first-order chi connectivity index (χ1) is 11.0. The van der Waals surface area contributed by atoms with Gasteiger partial charge in [-0.25, -0.2) is 0 Å². The lowest BCUT2D eigenvalue weighted by Gasteiger charge is -2.16. The minimum atomic E-state index is -0.783. The van der Waals surface area contributed by atoms with Gasteiger partial charge in [0, 0.05) is 16.5 Å². The second-order valence-electron chi connectivity index (χ2n) is 4.99. The SMILES string of the molecule is COc1ccc(C[C@H](NC(=O)c2cccc(Br)c2)C(N)=O)cc1. The molecule has 0 heterocycles. The first-order valence-electron chi connectivity index (χ1n) is 6.98. The number of nitrogens with two attached hydrogens (primary N) is 1. The maximum absolute atomic E-state index is 12.2. The van der Waals surface area contributed by atoms with Crippen molar-refractivity contribution in [2.45, 2.75) is 12.5 Å². The third-order valence-electron chi connectivity index (χ3n) is 3.33. The zero-order valence-electron chi connectivity index (χ0n) is 12.6. The van der Waals surface area contributed by atoms with Crippen LogP contribution in [0.15, 0.2) is 53.0 Å². The highest BCUT2D eigenvalue weighted by molar-refractivity contribution is 9.10. The van der Waals surface area contributed by atoms with Crippen molar-refractivity contribution in [3.05, 3.63) is 64.1 Å². The number of methoxy groups -OCH3 is 1. The van der Waals surface area contributed by atoms with Gasteiger partial charge in [0.25, 0.3) is 5.91 Å². The van der Waals surface area contributed by atoms with E-state index < -0.39 is 11.9 Å². The van der Waals surface area contributed by atoms with Crippen molar-refractivity contribution in [2.75, 3.05) is 7.11 Å². The third kappa shape index (κ3) is 4.82. The van der Waals surface area contributed by atoms with Gasteiger partial charge in [-0.15, -0.1) is 0 Å². The summed E-state index contributed by atoms with van der Waals surface area (Å²) >= 11 is 3.31. The molecule has 2 aromatic carbocycles. The fourth-order valence-corrected chi connectivity index (χ4v) is 2.49. The molecule has 3 N–H and O–H groups in total. The van der Waals surface area contributed by atoms with Gasteiger partial charge < -0.3 is 15.8 Å². The minimum absolute atomic E-state index is 0.319. The maximum atomic E-state index is 12.2. The van der Waals surface area contributed by atoms with E-state index in [-0.39, 0.29) is 5.91 Å². The number of carbonyl (C=O) groups is 2. The van der Waals surface area contributed by atoms with Gasteiger partial charge in [-0.3, -0.25) is 9.59 Å². The quantitative estimate of drug-likeness (QED) is 0.811. The fraction of sp³-hybridized carbons (Fsp3) is 0.176. The summed E-state index contributed by atoms with van der Waals surface area (Å²) in [6.45, 7) is 0. The summed E-state index contributed by atoms with van der Waals surface area (Å²) in [6, 6.07) is 13.4. The van der Waals surface area contributed by atoms with Crippen molar-refractivity contribution in [3.63, 3.8) is 0 Å². The van der Waals surface area contributed by atoms with Crippen LogP contribution in [0.5, 0.6) is 5.75 Å². The summed E-state index contributed by atoms with van der Waals surface area (Å²) in [4.78, 5) is 23.9. The Morgan fingerprint density at radius 3 is 2.48 bits per heavy atom. The van der Waals surface area contributed by atoms with Crippen LogP contribution in [0.3, 0.4) is 0 Å². The monoisotopic (exact) mass is 376 g/mol. The Balaban J connectivity index is 2.09. The van der Waals surface area contributed by atoms with Crippen LogP contribution in [-0.2, 0) is 11.2 Å². The van der Waals surface area contributed by atoms with Gasteiger partial charge in [0.15, 0.2) is 0 Å². The molecule has 120 valence electrons. The topological polar surface area (TPSA) is 81.4 Å². The summed E-state index contributed by atoms with van der Waals surface area (Å²) in [5, 5.41) is 2.67.